The van der Waals surface area contributed by atoms with Crippen molar-refractivity contribution >= 4 is 41.1 Å². The first-order chi connectivity index (χ1) is 33.7. The van der Waals surface area contributed by atoms with Crippen molar-refractivity contribution in [2.24, 2.45) is 11.8 Å². The number of methoxy groups -OCH3 is 1. The minimum atomic E-state index is -1.57. The lowest BCUT2D eigenvalue weighted by Gasteiger charge is -2.47. The highest BCUT2D eigenvalue weighted by Gasteiger charge is 2.53. The molecular weight excluding hydrogens is 983 g/mol. The molecule has 8 unspecified atom stereocenters. The van der Waals surface area contributed by atoms with Gasteiger partial charge in [-0.25, -0.2) is 9.59 Å². The highest BCUT2D eigenvalue weighted by molar-refractivity contribution is 6.39. The van der Waals surface area contributed by atoms with Crippen molar-refractivity contribution in [1.82, 2.24) is 0 Å². The second-order valence-electron chi connectivity index (χ2n) is 19.4. The van der Waals surface area contributed by atoms with E-state index in [2.05, 4.69) is 0 Å². The largest absolute Gasteiger partial charge is 0.505 e. The SMILES string of the molecule is CCc1c(Cl)c(O)c(Cl)c(O)c1C(=O)O[C@H]1C(C)O[C@@H](OC/C2=C\C=C\CC(O)/C(C)=C/C(CC)C(O[C@@H]3OC(C)(C)[C@H](O)C(O)[C@@H]3OC(=O)C(C)C)/C(C)=C/C(C)=C/CC(C(C)O)OC2=O)[C@@H](OC)C1O. The summed E-state index contributed by atoms with van der Waals surface area (Å²) in [4.78, 5) is 40.3. The number of aliphatic hydroxyl groups is 5. The van der Waals surface area contributed by atoms with Crippen molar-refractivity contribution in [3.05, 3.63) is 79.9 Å². The third kappa shape index (κ3) is 14.7. The summed E-state index contributed by atoms with van der Waals surface area (Å²) in [6.45, 7) is 18.0. The van der Waals surface area contributed by atoms with Crippen molar-refractivity contribution in [2.45, 2.75) is 187 Å². The Bertz CT molecular complexity index is 2220. The second kappa shape index (κ2) is 26.5. The number of aliphatic hydroxyl groups excluding tert-OH is 5. The molecule has 4 rings (SSSR count). The highest BCUT2D eigenvalue weighted by atomic mass is 35.5. The van der Waals surface area contributed by atoms with Crippen LogP contribution in [-0.4, -0.2) is 153 Å². The molecule has 3 heterocycles. The van der Waals surface area contributed by atoms with Gasteiger partial charge in [0.1, 0.15) is 41.1 Å². The molecule has 72 heavy (non-hydrogen) atoms. The maximum absolute atomic E-state index is 14.0. The minimum Gasteiger partial charge on any atom is -0.505 e. The molecule has 0 aromatic heterocycles. The Hall–Kier alpha value is -3.89. The van der Waals surface area contributed by atoms with Gasteiger partial charge < -0.3 is 73.6 Å². The lowest BCUT2D eigenvalue weighted by atomic mass is 9.88. The quantitative estimate of drug-likeness (QED) is 0.0655. The minimum absolute atomic E-state index is 0.0387. The van der Waals surface area contributed by atoms with E-state index >= 15 is 0 Å². The van der Waals surface area contributed by atoms with E-state index in [1.165, 1.54) is 33.1 Å². The molecule has 2 fully saturated rings. The van der Waals surface area contributed by atoms with Gasteiger partial charge in [-0.3, -0.25) is 4.79 Å². The summed E-state index contributed by atoms with van der Waals surface area (Å²) >= 11 is 12.3. The average Bonchev–Trinajstić information content (AvgIpc) is 3.32. The molecule has 0 spiro atoms. The third-order valence-electron chi connectivity index (χ3n) is 13.0. The van der Waals surface area contributed by atoms with E-state index in [0.29, 0.717) is 23.1 Å². The lowest BCUT2D eigenvalue weighted by molar-refractivity contribution is -0.333. The molecule has 20 heteroatoms. The van der Waals surface area contributed by atoms with E-state index in [9.17, 15) is 50.1 Å². The number of phenolic OH excluding ortho intramolecular Hbond substituents is 2. The number of aromatic hydroxyl groups is 2. The summed E-state index contributed by atoms with van der Waals surface area (Å²) in [5, 5.41) is 76.1. The zero-order valence-corrected chi connectivity index (χ0v) is 44.5. The van der Waals surface area contributed by atoms with E-state index < -0.39 is 144 Å². The number of cyclic esters (lactones) is 1. The van der Waals surface area contributed by atoms with Gasteiger partial charge in [-0.2, -0.15) is 0 Å². The van der Waals surface area contributed by atoms with Crippen LogP contribution in [0.2, 0.25) is 10.0 Å². The molecule has 3 aliphatic rings. The first kappa shape index (κ1) is 60.7. The maximum atomic E-state index is 14.0. The van der Waals surface area contributed by atoms with Crippen LogP contribution < -0.4 is 0 Å². The average molecular weight is 1060 g/mol. The molecule has 1 aromatic carbocycles. The highest BCUT2D eigenvalue weighted by Crippen LogP contribution is 2.45. The second-order valence-corrected chi connectivity index (χ2v) is 20.1. The molecule has 0 saturated carbocycles. The van der Waals surface area contributed by atoms with Gasteiger partial charge in [0.25, 0.3) is 0 Å². The molecule has 0 radical (unpaired) electrons. The van der Waals surface area contributed by atoms with Gasteiger partial charge in [-0.15, -0.1) is 0 Å². The molecule has 404 valence electrons. The van der Waals surface area contributed by atoms with Crippen LogP contribution in [0, 0.1) is 11.8 Å². The van der Waals surface area contributed by atoms with Crippen LogP contribution in [0.25, 0.3) is 0 Å². The van der Waals surface area contributed by atoms with Crippen molar-refractivity contribution in [3.63, 3.8) is 0 Å². The molecule has 0 bridgehead atoms. The third-order valence-corrected chi connectivity index (χ3v) is 13.8. The standard InChI is InChI=1S/C52H74Cl2O18/c1-13-30-22-26(6)33(56)18-16-15-17-31(23-66-50-44(65-12)40(59)43(29(9)67-50)69-49(64)35-32(14-2)36(53)39(58)37(54)38(35)57)48(63)68-34(28(8)55)20-19-25(5)21-27(7)42(30)71-51-45(70-47(62)24(3)4)41(60)46(61)52(10,11)72-51/h15-17,19,21-22,24,28-30,33-34,40-46,50-51,55-61H,13-14,18,20,23H2,1-12H3/b16-15+,25-19+,26-22+,27-21+,31-17+/t28?,29?,30?,33?,34?,40?,41?,42?,43-,44-,45-,46+,50+,51+/m0/s1. The zero-order valence-electron chi connectivity index (χ0n) is 43.0. The van der Waals surface area contributed by atoms with Crippen LogP contribution in [0.4, 0.5) is 0 Å². The van der Waals surface area contributed by atoms with Crippen LogP contribution in [0.5, 0.6) is 11.5 Å². The number of phenols is 2. The number of carbonyl (C=O) groups excluding carboxylic acids is 3. The first-order valence-corrected chi connectivity index (χ1v) is 24.9. The van der Waals surface area contributed by atoms with E-state index in [-0.39, 0.29) is 35.4 Å². The number of hydrogen-bond acceptors (Lipinski definition) is 18. The molecule has 0 amide bonds. The Kier molecular flexibility index (Phi) is 22.4. The number of esters is 3. The van der Waals surface area contributed by atoms with E-state index in [1.54, 1.807) is 53.7 Å². The number of hydrogen-bond donors (Lipinski definition) is 7. The zero-order chi connectivity index (χ0) is 54.1. The fourth-order valence-electron chi connectivity index (χ4n) is 8.52. The van der Waals surface area contributed by atoms with E-state index in [1.807, 2.05) is 32.9 Å². The molecule has 2 saturated heterocycles. The normalized spacial score (nSPS) is 34.8. The maximum Gasteiger partial charge on any atom is 0.342 e. The van der Waals surface area contributed by atoms with Gasteiger partial charge in [-0.05, 0) is 90.5 Å². The number of benzene rings is 1. The van der Waals surface area contributed by atoms with Gasteiger partial charge in [0.2, 0.25) is 0 Å². The molecule has 18 nitrogen and oxygen atoms in total. The number of carbonyl (C=O) groups is 3. The predicted octanol–water partition coefficient (Wildman–Crippen LogP) is 6.23. The molecule has 0 aliphatic carbocycles. The van der Waals surface area contributed by atoms with Gasteiger partial charge in [0.05, 0.1) is 53.1 Å². The van der Waals surface area contributed by atoms with Crippen LogP contribution >= 0.6 is 23.2 Å². The Morgan fingerprint density at radius 1 is 0.903 bits per heavy atom. The van der Waals surface area contributed by atoms with Crippen LogP contribution in [0.1, 0.15) is 111 Å². The Labute approximate surface area is 431 Å². The van der Waals surface area contributed by atoms with E-state index in [4.69, 9.17) is 61.1 Å². The van der Waals surface area contributed by atoms with E-state index in [0.717, 1.165) is 0 Å². The summed E-state index contributed by atoms with van der Waals surface area (Å²) in [6.07, 6.45) is -5.45. The summed E-state index contributed by atoms with van der Waals surface area (Å²) in [6, 6.07) is 0. The Morgan fingerprint density at radius 3 is 2.17 bits per heavy atom. The Morgan fingerprint density at radius 2 is 1.57 bits per heavy atom. The topological polar surface area (TPSA) is 267 Å². The predicted molar refractivity (Wildman–Crippen MR) is 265 cm³/mol. The van der Waals surface area contributed by atoms with Crippen molar-refractivity contribution < 1.29 is 88.0 Å². The van der Waals surface area contributed by atoms with Crippen molar-refractivity contribution in [2.75, 3.05) is 13.7 Å². The summed E-state index contributed by atoms with van der Waals surface area (Å²) in [5.41, 5.74) is 0.279. The Balaban J connectivity index is 1.64. The van der Waals surface area contributed by atoms with Crippen LogP contribution in [0.3, 0.4) is 0 Å². The summed E-state index contributed by atoms with van der Waals surface area (Å²) in [5.74, 6) is -4.92. The van der Waals surface area contributed by atoms with Gasteiger partial charge in [0, 0.05) is 19.4 Å². The fraction of sp³-hybridized carbons (Fsp3) is 0.635. The van der Waals surface area contributed by atoms with Gasteiger partial charge >= 0.3 is 17.9 Å². The smallest absolute Gasteiger partial charge is 0.342 e. The molecule has 7 N–H and O–H groups in total. The lowest BCUT2D eigenvalue weighted by Crippen LogP contribution is -2.64. The van der Waals surface area contributed by atoms with Crippen molar-refractivity contribution in [1.29, 1.82) is 0 Å². The van der Waals surface area contributed by atoms with Crippen molar-refractivity contribution in [3.8, 4) is 11.5 Å². The molecule has 3 aliphatic heterocycles. The van der Waals surface area contributed by atoms with Gasteiger partial charge in [0.15, 0.2) is 36.3 Å². The number of halogens is 2. The van der Waals surface area contributed by atoms with Crippen LogP contribution in [0.15, 0.2) is 58.7 Å². The number of rotatable bonds is 13. The fourth-order valence-corrected chi connectivity index (χ4v) is 9.08. The molecule has 1 aromatic rings. The number of ether oxygens (including phenoxy) is 8. The number of allylic oxidation sites excluding steroid dienone is 4. The monoisotopic (exact) mass is 1060 g/mol. The van der Waals surface area contributed by atoms with Crippen LogP contribution in [-0.2, 0) is 53.9 Å². The van der Waals surface area contributed by atoms with Gasteiger partial charge in [-0.1, -0.05) is 86.9 Å². The molecule has 14 atom stereocenters. The summed E-state index contributed by atoms with van der Waals surface area (Å²) < 4.78 is 47.8. The molecular formula is C52H74Cl2O18. The summed E-state index contributed by atoms with van der Waals surface area (Å²) in [7, 11) is 1.26. The first-order valence-electron chi connectivity index (χ1n) is 24.2.